The van der Waals surface area contributed by atoms with E-state index in [9.17, 15) is 0 Å². The van der Waals surface area contributed by atoms with Crippen LogP contribution in [0.1, 0.15) is 5.56 Å². The van der Waals surface area contributed by atoms with E-state index in [0.717, 1.165) is 16.5 Å². The molecule has 0 aliphatic rings. The Kier molecular flexibility index (Phi) is 3.58. The molecule has 3 rings (SSSR count). The summed E-state index contributed by atoms with van der Waals surface area (Å²) >= 11 is 12.0. The molecule has 0 aliphatic heterocycles. The van der Waals surface area contributed by atoms with Gasteiger partial charge in [0.05, 0.1) is 21.9 Å². The topological polar surface area (TPSA) is 53.1 Å². The molecule has 0 spiro atoms. The summed E-state index contributed by atoms with van der Waals surface area (Å²) in [5, 5.41) is 6.12. The van der Waals surface area contributed by atoms with Crippen molar-refractivity contribution in [3.63, 3.8) is 0 Å². The van der Waals surface area contributed by atoms with Crippen molar-refractivity contribution in [1.29, 1.82) is 0 Å². The molecule has 0 bridgehead atoms. The van der Waals surface area contributed by atoms with Crippen molar-refractivity contribution in [2.24, 2.45) is 5.10 Å². The Hall–Kier alpha value is -2.04. The summed E-state index contributed by atoms with van der Waals surface area (Å²) in [5.74, 6) is 0. The van der Waals surface area contributed by atoms with E-state index in [4.69, 9.17) is 23.2 Å². The summed E-state index contributed by atoms with van der Waals surface area (Å²) in [4.78, 5) is 7.06. The zero-order valence-corrected chi connectivity index (χ0v) is 11.8. The SMILES string of the molecule is Clc1cncc(Cl)c1NN=Cc1c[nH]c2ccccc12. The summed E-state index contributed by atoms with van der Waals surface area (Å²) in [5.41, 5.74) is 5.42. The van der Waals surface area contributed by atoms with Gasteiger partial charge in [-0.15, -0.1) is 0 Å². The zero-order chi connectivity index (χ0) is 13.9. The van der Waals surface area contributed by atoms with E-state index >= 15 is 0 Å². The van der Waals surface area contributed by atoms with Crippen molar-refractivity contribution < 1.29 is 0 Å². The van der Waals surface area contributed by atoms with Gasteiger partial charge in [0.1, 0.15) is 0 Å². The number of nitrogens with one attached hydrogen (secondary N) is 2. The number of hydrogen-bond donors (Lipinski definition) is 2. The molecule has 0 saturated heterocycles. The van der Waals surface area contributed by atoms with Crippen LogP contribution in [0.4, 0.5) is 5.69 Å². The number of nitrogens with zero attached hydrogens (tertiary/aromatic N) is 2. The average Bonchev–Trinajstić information content (AvgIpc) is 2.86. The molecule has 6 heteroatoms. The molecule has 0 amide bonds. The Morgan fingerprint density at radius 1 is 1.15 bits per heavy atom. The van der Waals surface area contributed by atoms with Gasteiger partial charge in [0.2, 0.25) is 0 Å². The Morgan fingerprint density at radius 3 is 2.70 bits per heavy atom. The molecule has 0 atom stereocenters. The first-order chi connectivity index (χ1) is 9.75. The van der Waals surface area contributed by atoms with Crippen LogP contribution in [0, 0.1) is 0 Å². The molecule has 2 heterocycles. The quantitative estimate of drug-likeness (QED) is 0.559. The molecule has 1 aromatic carbocycles. The minimum atomic E-state index is 0.425. The van der Waals surface area contributed by atoms with Gasteiger partial charge in [-0.05, 0) is 6.07 Å². The molecule has 4 nitrogen and oxygen atoms in total. The monoisotopic (exact) mass is 304 g/mol. The molecule has 2 N–H and O–H groups in total. The van der Waals surface area contributed by atoms with Crippen LogP contribution < -0.4 is 5.43 Å². The number of anilines is 1. The second kappa shape index (κ2) is 5.53. The molecule has 0 fully saturated rings. The van der Waals surface area contributed by atoms with E-state index in [1.807, 2.05) is 30.5 Å². The second-order valence-corrected chi connectivity index (χ2v) is 4.95. The second-order valence-electron chi connectivity index (χ2n) is 4.14. The predicted octanol–water partition coefficient (Wildman–Crippen LogP) is 4.32. The van der Waals surface area contributed by atoms with Gasteiger partial charge in [-0.25, -0.2) is 0 Å². The largest absolute Gasteiger partial charge is 0.361 e. The van der Waals surface area contributed by atoms with E-state index in [2.05, 4.69) is 20.5 Å². The molecule has 0 saturated carbocycles. The summed E-state index contributed by atoms with van der Waals surface area (Å²) in [7, 11) is 0. The third-order valence-electron chi connectivity index (χ3n) is 2.85. The number of H-pyrrole nitrogens is 1. The predicted molar refractivity (Wildman–Crippen MR) is 83.8 cm³/mol. The van der Waals surface area contributed by atoms with Gasteiger partial charge in [-0.2, -0.15) is 5.10 Å². The van der Waals surface area contributed by atoms with Crippen molar-refractivity contribution in [3.05, 3.63) is 58.5 Å². The number of aromatic amines is 1. The minimum absolute atomic E-state index is 0.425. The third kappa shape index (κ3) is 2.48. The fourth-order valence-corrected chi connectivity index (χ4v) is 2.33. The fraction of sp³-hybridized carbons (Fsp3) is 0. The first-order valence-corrected chi connectivity index (χ1v) is 6.65. The van der Waals surface area contributed by atoms with E-state index in [1.54, 1.807) is 6.21 Å². The maximum absolute atomic E-state index is 6.00. The average molecular weight is 305 g/mol. The Morgan fingerprint density at radius 2 is 1.90 bits per heavy atom. The summed E-state index contributed by atoms with van der Waals surface area (Å²) in [6, 6.07) is 8.00. The fourth-order valence-electron chi connectivity index (χ4n) is 1.89. The summed E-state index contributed by atoms with van der Waals surface area (Å²) in [6.45, 7) is 0. The van der Waals surface area contributed by atoms with Gasteiger partial charge in [0.25, 0.3) is 0 Å². The molecular weight excluding hydrogens is 295 g/mol. The highest BCUT2D eigenvalue weighted by Crippen LogP contribution is 2.28. The van der Waals surface area contributed by atoms with Gasteiger partial charge >= 0.3 is 0 Å². The normalized spacial score (nSPS) is 11.3. The zero-order valence-electron chi connectivity index (χ0n) is 10.3. The first kappa shape index (κ1) is 13.0. The van der Waals surface area contributed by atoms with Crippen molar-refractivity contribution in [1.82, 2.24) is 9.97 Å². The van der Waals surface area contributed by atoms with Gasteiger partial charge in [-0.3, -0.25) is 10.4 Å². The molecular formula is C14H10Cl2N4. The van der Waals surface area contributed by atoms with Crippen LogP contribution in [-0.4, -0.2) is 16.2 Å². The molecule has 0 radical (unpaired) electrons. The van der Waals surface area contributed by atoms with Gasteiger partial charge in [-0.1, -0.05) is 41.4 Å². The van der Waals surface area contributed by atoms with Crippen LogP contribution in [0.3, 0.4) is 0 Å². The van der Waals surface area contributed by atoms with Crippen LogP contribution in [0.15, 0.2) is 48.0 Å². The summed E-state index contributed by atoms with van der Waals surface area (Å²) in [6.07, 6.45) is 6.63. The Balaban J connectivity index is 1.85. The maximum Gasteiger partial charge on any atom is 0.0965 e. The van der Waals surface area contributed by atoms with Gasteiger partial charge in [0.15, 0.2) is 0 Å². The smallest absolute Gasteiger partial charge is 0.0965 e. The van der Waals surface area contributed by atoms with Crippen molar-refractivity contribution in [2.45, 2.75) is 0 Å². The molecule has 3 aromatic rings. The van der Waals surface area contributed by atoms with E-state index in [0.29, 0.717) is 15.7 Å². The number of rotatable bonds is 3. The van der Waals surface area contributed by atoms with Crippen molar-refractivity contribution in [2.75, 3.05) is 5.43 Å². The highest BCUT2D eigenvalue weighted by Gasteiger charge is 2.04. The van der Waals surface area contributed by atoms with E-state index in [1.165, 1.54) is 12.4 Å². The molecule has 0 unspecified atom stereocenters. The number of halogens is 2. The summed E-state index contributed by atoms with van der Waals surface area (Å²) < 4.78 is 0. The highest BCUT2D eigenvalue weighted by molar-refractivity contribution is 6.38. The highest BCUT2D eigenvalue weighted by atomic mass is 35.5. The van der Waals surface area contributed by atoms with Crippen molar-refractivity contribution in [3.8, 4) is 0 Å². The minimum Gasteiger partial charge on any atom is -0.361 e. The molecule has 0 aliphatic carbocycles. The number of pyridine rings is 1. The lowest BCUT2D eigenvalue weighted by atomic mass is 10.2. The molecule has 20 heavy (non-hydrogen) atoms. The first-order valence-electron chi connectivity index (χ1n) is 5.90. The van der Waals surface area contributed by atoms with Crippen molar-refractivity contribution >= 4 is 46.0 Å². The standard InChI is InChI=1S/C14H10Cl2N4/c15-11-7-17-8-12(16)14(11)20-19-6-9-5-18-13-4-2-1-3-10(9)13/h1-8,18H,(H,17,20). The number of fused-ring (bicyclic) bond motifs is 1. The Bertz CT molecular complexity index is 759. The van der Waals surface area contributed by atoms with E-state index in [-0.39, 0.29) is 0 Å². The maximum atomic E-state index is 6.00. The van der Waals surface area contributed by atoms with Crippen LogP contribution in [-0.2, 0) is 0 Å². The number of para-hydroxylation sites is 1. The lowest BCUT2D eigenvalue weighted by molar-refractivity contribution is 1.28. The van der Waals surface area contributed by atoms with Crippen LogP contribution in [0.2, 0.25) is 10.0 Å². The molecule has 100 valence electrons. The Labute approximate surface area is 125 Å². The van der Waals surface area contributed by atoms with Crippen LogP contribution in [0.5, 0.6) is 0 Å². The third-order valence-corrected chi connectivity index (χ3v) is 3.43. The van der Waals surface area contributed by atoms with E-state index < -0.39 is 0 Å². The van der Waals surface area contributed by atoms with Crippen LogP contribution >= 0.6 is 23.2 Å². The number of benzene rings is 1. The van der Waals surface area contributed by atoms with Gasteiger partial charge < -0.3 is 4.98 Å². The van der Waals surface area contributed by atoms with Crippen LogP contribution in [0.25, 0.3) is 10.9 Å². The molecule has 2 aromatic heterocycles. The van der Waals surface area contributed by atoms with Gasteiger partial charge in [0, 0.05) is 35.1 Å². The number of hydrazone groups is 1. The number of hydrogen-bond acceptors (Lipinski definition) is 3. The lowest BCUT2D eigenvalue weighted by Gasteiger charge is -2.04. The number of aromatic nitrogens is 2. The lowest BCUT2D eigenvalue weighted by Crippen LogP contribution is -1.93.